The van der Waals surface area contributed by atoms with Gasteiger partial charge in [0.25, 0.3) is 0 Å². The number of hydrogen-bond donors (Lipinski definition) is 2. The Morgan fingerprint density at radius 1 is 0.677 bits per heavy atom. The molecule has 31 heavy (non-hydrogen) atoms. The van der Waals surface area contributed by atoms with E-state index in [0.29, 0.717) is 5.54 Å². The first-order valence-electron chi connectivity index (χ1n) is 13.6. The molecule has 1 fully saturated rings. The van der Waals surface area contributed by atoms with Crippen LogP contribution in [0.1, 0.15) is 143 Å². The van der Waals surface area contributed by atoms with Crippen molar-refractivity contribution in [2.45, 2.75) is 148 Å². The molecule has 0 radical (unpaired) electrons. The molecule has 0 spiro atoms. The summed E-state index contributed by atoms with van der Waals surface area (Å²) in [6, 6.07) is 0. The Hall–Kier alpha value is -0.160. The number of nitrogens with zero attached hydrogens (tertiary/aromatic N) is 1. The predicted octanol–water partition coefficient (Wildman–Crippen LogP) is 8.85. The molecule has 0 saturated heterocycles. The van der Waals surface area contributed by atoms with E-state index < -0.39 is 0 Å². The van der Waals surface area contributed by atoms with Gasteiger partial charge in [-0.3, -0.25) is 0 Å². The van der Waals surface area contributed by atoms with Crippen LogP contribution in [0.3, 0.4) is 0 Å². The van der Waals surface area contributed by atoms with E-state index in [-0.39, 0.29) is 0 Å². The molecular formula is C27H58NO3+. The highest BCUT2D eigenvalue weighted by Crippen LogP contribution is 2.38. The summed E-state index contributed by atoms with van der Waals surface area (Å²) in [5.74, 6) is 0.933. The largest absolute Gasteiger partial charge is 0.324 e. The van der Waals surface area contributed by atoms with Gasteiger partial charge in [0.1, 0.15) is 0 Å². The van der Waals surface area contributed by atoms with E-state index in [9.17, 15) is 0 Å². The van der Waals surface area contributed by atoms with Gasteiger partial charge in [-0.05, 0) is 39.5 Å². The SMILES string of the molecule is CCCCCCCCCCCCCCCC[N+](C)(C)C(C)(C)C1CCCCC1.OOO. The van der Waals surface area contributed by atoms with Crippen LogP contribution in [0.2, 0.25) is 0 Å². The summed E-state index contributed by atoms with van der Waals surface area (Å²) < 4.78 is 1.22. The van der Waals surface area contributed by atoms with Crippen LogP contribution in [0.15, 0.2) is 0 Å². The van der Waals surface area contributed by atoms with Gasteiger partial charge in [0.15, 0.2) is 0 Å². The molecule has 1 rings (SSSR count). The van der Waals surface area contributed by atoms with Crippen molar-refractivity contribution in [1.82, 2.24) is 0 Å². The Balaban J connectivity index is 0.00000282. The zero-order valence-electron chi connectivity index (χ0n) is 22.0. The molecule has 0 heterocycles. The van der Waals surface area contributed by atoms with Crippen molar-refractivity contribution < 1.29 is 20.0 Å². The van der Waals surface area contributed by atoms with Crippen molar-refractivity contribution in [3.63, 3.8) is 0 Å². The minimum Gasteiger partial charge on any atom is -0.324 e. The standard InChI is InChI=1S/C27H56N.H2O3/c1-6-7-8-9-10-11-12-13-14-15-16-17-18-22-25-28(4,5)27(2,3)26-23-20-19-21-24-26;1-3-2/h26H,6-25H2,1-5H3;1-2H/q+1;. The molecular weight excluding hydrogens is 386 g/mol. The molecule has 0 amide bonds. The molecule has 0 aliphatic heterocycles. The van der Waals surface area contributed by atoms with Gasteiger partial charge in [0, 0.05) is 5.92 Å². The van der Waals surface area contributed by atoms with Crippen molar-refractivity contribution in [2.24, 2.45) is 5.92 Å². The molecule has 2 N–H and O–H groups in total. The van der Waals surface area contributed by atoms with Crippen LogP contribution in [-0.4, -0.2) is 41.2 Å². The maximum Gasteiger partial charge on any atom is 0.0959 e. The third-order valence-corrected chi connectivity index (χ3v) is 8.24. The first kappa shape index (κ1) is 30.8. The lowest BCUT2D eigenvalue weighted by Crippen LogP contribution is -2.60. The Bertz CT molecular complexity index is 379. The van der Waals surface area contributed by atoms with Crippen LogP contribution in [0.4, 0.5) is 0 Å². The lowest BCUT2D eigenvalue weighted by atomic mass is 9.74. The first-order chi connectivity index (χ1) is 14.8. The van der Waals surface area contributed by atoms with Gasteiger partial charge in [-0.2, -0.15) is 0 Å². The summed E-state index contributed by atoms with van der Waals surface area (Å²) in [5.41, 5.74) is 0.441. The van der Waals surface area contributed by atoms with Gasteiger partial charge in [-0.1, -0.05) is 108 Å². The van der Waals surface area contributed by atoms with E-state index in [1.54, 1.807) is 0 Å². The Morgan fingerprint density at radius 2 is 1.03 bits per heavy atom. The molecule has 0 unspecified atom stereocenters. The van der Waals surface area contributed by atoms with Gasteiger partial charge >= 0.3 is 0 Å². The van der Waals surface area contributed by atoms with E-state index in [2.05, 4.69) is 39.9 Å². The van der Waals surface area contributed by atoms with E-state index in [0.717, 1.165) is 5.92 Å². The number of hydrogen-bond acceptors (Lipinski definition) is 3. The molecule has 4 nitrogen and oxygen atoms in total. The van der Waals surface area contributed by atoms with Crippen LogP contribution in [0, 0.1) is 5.92 Å². The zero-order chi connectivity index (χ0) is 23.4. The van der Waals surface area contributed by atoms with E-state index in [1.807, 2.05) is 0 Å². The Morgan fingerprint density at radius 3 is 1.42 bits per heavy atom. The van der Waals surface area contributed by atoms with Crippen molar-refractivity contribution in [3.05, 3.63) is 0 Å². The van der Waals surface area contributed by atoms with Gasteiger partial charge < -0.3 is 4.48 Å². The maximum absolute atomic E-state index is 6.62. The predicted molar refractivity (Wildman–Crippen MR) is 134 cm³/mol. The lowest BCUT2D eigenvalue weighted by molar-refractivity contribution is -0.942. The second-order valence-corrected chi connectivity index (χ2v) is 11.1. The summed E-state index contributed by atoms with van der Waals surface area (Å²) in [6.45, 7) is 8.76. The highest BCUT2D eigenvalue weighted by molar-refractivity contribution is 4.82. The maximum atomic E-state index is 6.62. The van der Waals surface area contributed by atoms with Crippen molar-refractivity contribution >= 4 is 0 Å². The Kier molecular flexibility index (Phi) is 19.2. The van der Waals surface area contributed by atoms with E-state index in [1.165, 1.54) is 133 Å². The normalized spacial score (nSPS) is 15.6. The summed E-state index contributed by atoms with van der Waals surface area (Å²) >= 11 is 0. The molecule has 4 heteroatoms. The first-order valence-corrected chi connectivity index (χ1v) is 13.6. The van der Waals surface area contributed by atoms with Gasteiger partial charge in [0.05, 0.1) is 26.2 Å². The van der Waals surface area contributed by atoms with Crippen LogP contribution in [-0.2, 0) is 5.04 Å². The minimum atomic E-state index is 0.441. The fourth-order valence-electron chi connectivity index (χ4n) is 5.29. The fraction of sp³-hybridized carbons (Fsp3) is 1.00. The minimum absolute atomic E-state index is 0.441. The monoisotopic (exact) mass is 444 g/mol. The number of unbranched alkanes of at least 4 members (excludes halogenated alkanes) is 13. The molecule has 0 aromatic carbocycles. The van der Waals surface area contributed by atoms with Crippen LogP contribution in [0.5, 0.6) is 0 Å². The molecule has 0 aromatic rings. The number of rotatable bonds is 17. The highest BCUT2D eigenvalue weighted by atomic mass is 17.4. The fourth-order valence-corrected chi connectivity index (χ4v) is 5.29. The zero-order valence-corrected chi connectivity index (χ0v) is 22.0. The van der Waals surface area contributed by atoms with Crippen molar-refractivity contribution in [2.75, 3.05) is 20.6 Å². The molecule has 1 aliphatic rings. The van der Waals surface area contributed by atoms with Crippen LogP contribution < -0.4 is 0 Å². The molecule has 0 atom stereocenters. The molecule has 1 aliphatic carbocycles. The lowest BCUT2D eigenvalue weighted by Gasteiger charge is -2.50. The van der Waals surface area contributed by atoms with Crippen molar-refractivity contribution in [3.8, 4) is 0 Å². The van der Waals surface area contributed by atoms with Crippen molar-refractivity contribution in [1.29, 1.82) is 0 Å². The average Bonchev–Trinajstić information content (AvgIpc) is 2.75. The van der Waals surface area contributed by atoms with Gasteiger partial charge in [0.2, 0.25) is 0 Å². The van der Waals surface area contributed by atoms with Gasteiger partial charge in [-0.15, -0.1) is 0 Å². The second-order valence-electron chi connectivity index (χ2n) is 11.1. The summed E-state index contributed by atoms with van der Waals surface area (Å²) in [4.78, 5) is 0. The quantitative estimate of drug-likeness (QED) is 0.102. The number of quaternary nitrogens is 1. The Labute approximate surface area is 195 Å². The average molecular weight is 445 g/mol. The molecule has 1 saturated carbocycles. The molecule has 0 bridgehead atoms. The third kappa shape index (κ3) is 14.6. The summed E-state index contributed by atoms with van der Waals surface area (Å²) in [7, 11) is 4.99. The third-order valence-electron chi connectivity index (χ3n) is 8.24. The van der Waals surface area contributed by atoms with Gasteiger partial charge in [-0.25, -0.2) is 10.5 Å². The van der Waals surface area contributed by atoms with Crippen LogP contribution >= 0.6 is 0 Å². The molecule has 188 valence electrons. The second kappa shape index (κ2) is 19.3. The van der Waals surface area contributed by atoms with Crippen LogP contribution in [0.25, 0.3) is 0 Å². The molecule has 0 aromatic heterocycles. The smallest absolute Gasteiger partial charge is 0.0959 e. The van der Waals surface area contributed by atoms with E-state index >= 15 is 0 Å². The summed E-state index contributed by atoms with van der Waals surface area (Å²) in [6.07, 6.45) is 27.7. The summed E-state index contributed by atoms with van der Waals surface area (Å²) in [5, 5.41) is 15.5. The van der Waals surface area contributed by atoms with E-state index in [4.69, 9.17) is 10.5 Å². The topological polar surface area (TPSA) is 49.7 Å². The highest BCUT2D eigenvalue weighted by Gasteiger charge is 2.43.